The van der Waals surface area contributed by atoms with E-state index in [1.165, 1.54) is 0 Å². The van der Waals surface area contributed by atoms with E-state index in [0.29, 0.717) is 17.3 Å². The van der Waals surface area contributed by atoms with E-state index in [2.05, 4.69) is 10.3 Å². The van der Waals surface area contributed by atoms with Gasteiger partial charge < -0.3 is 15.4 Å². The standard InChI is InChI=1S/C14H15ClN2O2/c15-10-2-3-11-9(6-10)7-12(17-11)13(18)16-8-14(19)4-1-5-14/h2-3,6-7,17,19H,1,4-5,8H2,(H,16,18). The van der Waals surface area contributed by atoms with Crippen LogP contribution >= 0.6 is 11.6 Å². The Kier molecular flexibility index (Phi) is 2.99. The van der Waals surface area contributed by atoms with Gasteiger partial charge in [0.2, 0.25) is 0 Å². The Morgan fingerprint density at radius 3 is 2.89 bits per heavy atom. The van der Waals surface area contributed by atoms with Gasteiger partial charge in [-0.15, -0.1) is 0 Å². The smallest absolute Gasteiger partial charge is 0.267 e. The second-order valence-electron chi connectivity index (χ2n) is 5.18. The highest BCUT2D eigenvalue weighted by atomic mass is 35.5. The molecule has 1 fully saturated rings. The van der Waals surface area contributed by atoms with Gasteiger partial charge in [0.05, 0.1) is 5.60 Å². The molecule has 1 saturated carbocycles. The van der Waals surface area contributed by atoms with Gasteiger partial charge in [-0.05, 0) is 43.5 Å². The molecule has 1 aliphatic carbocycles. The topological polar surface area (TPSA) is 65.1 Å². The molecule has 0 aliphatic heterocycles. The van der Waals surface area contributed by atoms with E-state index < -0.39 is 5.60 Å². The van der Waals surface area contributed by atoms with Crippen LogP contribution in [0.4, 0.5) is 0 Å². The minimum Gasteiger partial charge on any atom is -0.388 e. The van der Waals surface area contributed by atoms with E-state index in [1.54, 1.807) is 12.1 Å². The molecule has 0 bridgehead atoms. The van der Waals surface area contributed by atoms with E-state index in [1.807, 2.05) is 12.1 Å². The summed E-state index contributed by atoms with van der Waals surface area (Å²) >= 11 is 5.91. The molecule has 0 saturated heterocycles. The Bertz CT molecular complexity index is 631. The van der Waals surface area contributed by atoms with Gasteiger partial charge in [-0.3, -0.25) is 4.79 Å². The lowest BCUT2D eigenvalue weighted by Gasteiger charge is -2.36. The van der Waals surface area contributed by atoms with Crippen LogP contribution in [0.25, 0.3) is 10.9 Å². The van der Waals surface area contributed by atoms with Gasteiger partial charge in [0.25, 0.3) is 5.91 Å². The SMILES string of the molecule is O=C(NCC1(O)CCC1)c1cc2cc(Cl)ccc2[nH]1. The molecule has 1 aromatic heterocycles. The first-order valence-corrected chi connectivity index (χ1v) is 6.72. The average Bonchev–Trinajstić information content (AvgIpc) is 2.76. The zero-order valence-corrected chi connectivity index (χ0v) is 11.1. The first kappa shape index (κ1) is 12.5. The number of amides is 1. The number of benzene rings is 1. The van der Waals surface area contributed by atoms with Crippen LogP contribution in [0.5, 0.6) is 0 Å². The maximum atomic E-state index is 12.0. The predicted octanol–water partition coefficient (Wildman–Crippen LogP) is 2.47. The fourth-order valence-corrected chi connectivity index (χ4v) is 2.51. The highest BCUT2D eigenvalue weighted by Gasteiger charge is 2.34. The maximum Gasteiger partial charge on any atom is 0.267 e. The fraction of sp³-hybridized carbons (Fsp3) is 0.357. The molecule has 2 aromatic rings. The molecular formula is C14H15ClN2O2. The van der Waals surface area contributed by atoms with Crippen LogP contribution in [-0.2, 0) is 0 Å². The molecule has 1 aromatic carbocycles. The lowest BCUT2D eigenvalue weighted by Crippen LogP contribution is -2.47. The number of hydrogen-bond donors (Lipinski definition) is 3. The lowest BCUT2D eigenvalue weighted by molar-refractivity contribution is -0.0300. The molecule has 5 heteroatoms. The van der Waals surface area contributed by atoms with Gasteiger partial charge >= 0.3 is 0 Å². The molecular weight excluding hydrogens is 264 g/mol. The Hall–Kier alpha value is -1.52. The number of aromatic nitrogens is 1. The molecule has 3 N–H and O–H groups in total. The number of fused-ring (bicyclic) bond motifs is 1. The van der Waals surface area contributed by atoms with E-state index in [-0.39, 0.29) is 5.91 Å². The molecule has 0 atom stereocenters. The van der Waals surface area contributed by atoms with Gasteiger partial charge in [0, 0.05) is 22.5 Å². The summed E-state index contributed by atoms with van der Waals surface area (Å²) in [6.45, 7) is 0.307. The number of carbonyl (C=O) groups excluding carboxylic acids is 1. The van der Waals surface area contributed by atoms with Crippen molar-refractivity contribution in [3.05, 3.63) is 35.0 Å². The van der Waals surface area contributed by atoms with Crippen LogP contribution in [0.1, 0.15) is 29.8 Å². The van der Waals surface area contributed by atoms with Crippen LogP contribution in [0.3, 0.4) is 0 Å². The second kappa shape index (κ2) is 4.54. The van der Waals surface area contributed by atoms with Crippen LogP contribution in [0.2, 0.25) is 5.02 Å². The number of hydrogen-bond acceptors (Lipinski definition) is 2. The summed E-state index contributed by atoms with van der Waals surface area (Å²) < 4.78 is 0. The molecule has 100 valence electrons. The third-order valence-corrected chi connectivity index (χ3v) is 3.92. The predicted molar refractivity (Wildman–Crippen MR) is 74.4 cm³/mol. The van der Waals surface area contributed by atoms with Crippen molar-refractivity contribution in [2.75, 3.05) is 6.54 Å². The summed E-state index contributed by atoms with van der Waals surface area (Å²) in [6, 6.07) is 7.19. The molecule has 1 amide bonds. The van der Waals surface area contributed by atoms with E-state index in [9.17, 15) is 9.90 Å². The molecule has 0 radical (unpaired) electrons. The maximum absolute atomic E-state index is 12.0. The third kappa shape index (κ3) is 2.46. The first-order valence-electron chi connectivity index (χ1n) is 6.35. The summed E-state index contributed by atoms with van der Waals surface area (Å²) in [4.78, 5) is 15.0. The van der Waals surface area contributed by atoms with Crippen molar-refractivity contribution in [1.29, 1.82) is 0 Å². The third-order valence-electron chi connectivity index (χ3n) is 3.69. The van der Waals surface area contributed by atoms with Crippen LogP contribution in [-0.4, -0.2) is 28.1 Å². The number of aliphatic hydroxyl groups is 1. The Labute approximate surface area is 115 Å². The zero-order valence-electron chi connectivity index (χ0n) is 10.4. The summed E-state index contributed by atoms with van der Waals surface area (Å²) in [5.74, 6) is -0.201. The minimum atomic E-state index is -0.703. The van der Waals surface area contributed by atoms with Gasteiger partial charge in [0.15, 0.2) is 0 Å². The normalized spacial score (nSPS) is 17.2. The number of rotatable bonds is 3. The van der Waals surface area contributed by atoms with Gasteiger partial charge in [0.1, 0.15) is 5.69 Å². The molecule has 0 unspecified atom stereocenters. The van der Waals surface area contributed by atoms with Gasteiger partial charge in [-0.25, -0.2) is 0 Å². The van der Waals surface area contributed by atoms with Gasteiger partial charge in [-0.1, -0.05) is 11.6 Å². The Balaban J connectivity index is 1.74. The van der Waals surface area contributed by atoms with Crippen LogP contribution < -0.4 is 5.32 Å². The Morgan fingerprint density at radius 1 is 1.42 bits per heavy atom. The van der Waals surface area contributed by atoms with Crippen molar-refractivity contribution in [3.8, 4) is 0 Å². The quantitative estimate of drug-likeness (QED) is 0.807. The largest absolute Gasteiger partial charge is 0.388 e. The summed E-state index contributed by atoms with van der Waals surface area (Å²) in [5.41, 5.74) is 0.655. The van der Waals surface area contributed by atoms with Crippen LogP contribution in [0.15, 0.2) is 24.3 Å². The fourth-order valence-electron chi connectivity index (χ4n) is 2.33. The Morgan fingerprint density at radius 2 is 2.21 bits per heavy atom. The number of halogens is 1. The highest BCUT2D eigenvalue weighted by molar-refractivity contribution is 6.31. The average molecular weight is 279 g/mol. The summed E-state index contributed by atoms with van der Waals surface area (Å²) in [6.07, 6.45) is 2.54. The van der Waals surface area contributed by atoms with Crippen LogP contribution in [0, 0.1) is 0 Å². The molecule has 4 nitrogen and oxygen atoms in total. The van der Waals surface area contributed by atoms with Crippen molar-refractivity contribution in [2.24, 2.45) is 0 Å². The van der Waals surface area contributed by atoms with Crippen molar-refractivity contribution >= 4 is 28.4 Å². The lowest BCUT2D eigenvalue weighted by atomic mass is 9.80. The van der Waals surface area contributed by atoms with E-state index in [0.717, 1.165) is 30.2 Å². The van der Waals surface area contributed by atoms with Crippen molar-refractivity contribution < 1.29 is 9.90 Å². The van der Waals surface area contributed by atoms with E-state index in [4.69, 9.17) is 11.6 Å². The monoisotopic (exact) mass is 278 g/mol. The number of aromatic amines is 1. The molecule has 3 rings (SSSR count). The number of nitrogens with one attached hydrogen (secondary N) is 2. The van der Waals surface area contributed by atoms with Crippen molar-refractivity contribution in [3.63, 3.8) is 0 Å². The number of carbonyl (C=O) groups is 1. The van der Waals surface area contributed by atoms with E-state index >= 15 is 0 Å². The zero-order chi connectivity index (χ0) is 13.5. The second-order valence-corrected chi connectivity index (χ2v) is 5.61. The molecule has 1 heterocycles. The highest BCUT2D eigenvalue weighted by Crippen LogP contribution is 2.30. The summed E-state index contributed by atoms with van der Waals surface area (Å²) in [7, 11) is 0. The first-order chi connectivity index (χ1) is 9.06. The van der Waals surface area contributed by atoms with Crippen molar-refractivity contribution in [1.82, 2.24) is 10.3 Å². The van der Waals surface area contributed by atoms with Crippen molar-refractivity contribution in [2.45, 2.75) is 24.9 Å². The van der Waals surface area contributed by atoms with Gasteiger partial charge in [-0.2, -0.15) is 0 Å². The molecule has 0 spiro atoms. The summed E-state index contributed by atoms with van der Waals surface area (Å²) in [5, 5.41) is 14.2. The molecule has 19 heavy (non-hydrogen) atoms. The molecule has 1 aliphatic rings. The number of H-pyrrole nitrogens is 1. The minimum absolute atomic E-state index is 0.201.